The molecule has 0 N–H and O–H groups in total. The van der Waals surface area contributed by atoms with Crippen LogP contribution in [0.5, 0.6) is 0 Å². The Hall–Kier alpha value is -3.90. The highest BCUT2D eigenvalue weighted by atomic mass is 31.1. The third-order valence-electron chi connectivity index (χ3n) is 9.19. The van der Waals surface area contributed by atoms with Crippen LogP contribution in [0.1, 0.15) is 37.5 Å². The molecular weight excluding hydrogens is 569 g/mol. The van der Waals surface area contributed by atoms with Gasteiger partial charge in [0, 0.05) is 45.9 Å². The molecule has 0 saturated carbocycles. The van der Waals surface area contributed by atoms with Crippen LogP contribution >= 0.6 is 16.4 Å². The molecule has 0 saturated heterocycles. The summed E-state index contributed by atoms with van der Waals surface area (Å²) in [5, 5.41) is 0. The summed E-state index contributed by atoms with van der Waals surface area (Å²) in [4.78, 5) is 5.04. The molecule has 3 heterocycles. The molecule has 5 heteroatoms. The van der Waals surface area contributed by atoms with Crippen LogP contribution < -0.4 is 26.2 Å². The van der Waals surface area contributed by atoms with E-state index in [1.54, 1.807) is 0 Å². The lowest BCUT2D eigenvalue weighted by Gasteiger charge is -2.45. The van der Waals surface area contributed by atoms with E-state index < -0.39 is 0 Å². The Morgan fingerprint density at radius 2 is 1.23 bits per heavy atom. The van der Waals surface area contributed by atoms with Crippen molar-refractivity contribution in [3.05, 3.63) is 126 Å². The molecule has 3 aliphatic heterocycles. The fourth-order valence-electron chi connectivity index (χ4n) is 7.01. The highest BCUT2D eigenvalue weighted by Gasteiger charge is 2.44. The summed E-state index contributed by atoms with van der Waals surface area (Å²) in [6, 6.07) is 41.2. The van der Waals surface area contributed by atoms with Crippen LogP contribution in [0.15, 0.2) is 109 Å². The third-order valence-corrected chi connectivity index (χ3v) is 10.7. The number of rotatable bonds is 6. The fourth-order valence-corrected chi connectivity index (χ4v) is 8.01. The summed E-state index contributed by atoms with van der Waals surface area (Å²) in [5.74, 6) is 2.41. The monoisotopic (exact) mass is 604 g/mol. The van der Waals surface area contributed by atoms with Gasteiger partial charge < -0.3 is 9.80 Å². The number of hydrogen-bond donors (Lipinski definition) is 0. The van der Waals surface area contributed by atoms with Gasteiger partial charge in [0.2, 0.25) is 0 Å². The van der Waals surface area contributed by atoms with E-state index in [9.17, 15) is 0 Å². The quantitative estimate of drug-likeness (QED) is 0.139. The van der Waals surface area contributed by atoms with Crippen LogP contribution in [0, 0.1) is 0 Å². The Morgan fingerprint density at radius 3 is 1.73 bits per heavy atom. The zero-order valence-corrected chi connectivity index (χ0v) is 27.3. The summed E-state index contributed by atoms with van der Waals surface area (Å²) < 4.78 is 0. The van der Waals surface area contributed by atoms with E-state index in [-0.39, 0.29) is 12.1 Å². The predicted molar refractivity (Wildman–Crippen MR) is 197 cm³/mol. The van der Waals surface area contributed by atoms with Gasteiger partial charge >= 0.3 is 0 Å². The van der Waals surface area contributed by atoms with Crippen molar-refractivity contribution in [2.75, 3.05) is 9.80 Å². The molecule has 44 heavy (non-hydrogen) atoms. The summed E-state index contributed by atoms with van der Waals surface area (Å²) in [7, 11) is 2.62. The Balaban J connectivity index is 1.48. The molecule has 0 fully saturated rings. The van der Waals surface area contributed by atoms with E-state index in [1.165, 1.54) is 75.4 Å². The molecular formula is C39H35BN2P2. The van der Waals surface area contributed by atoms with E-state index in [4.69, 9.17) is 0 Å². The van der Waals surface area contributed by atoms with Crippen molar-refractivity contribution < 1.29 is 0 Å². The molecule has 3 aliphatic rings. The topological polar surface area (TPSA) is 6.48 Å². The Morgan fingerprint density at radius 1 is 0.705 bits per heavy atom. The predicted octanol–water partition coefficient (Wildman–Crippen LogP) is 8.62. The molecule has 1 unspecified atom stereocenters. The van der Waals surface area contributed by atoms with Gasteiger partial charge in [-0.2, -0.15) is 0 Å². The molecule has 5 aromatic carbocycles. The number of anilines is 6. The molecule has 0 radical (unpaired) electrons. The van der Waals surface area contributed by atoms with Gasteiger partial charge in [0.15, 0.2) is 0 Å². The Bertz CT molecular complexity index is 1920. The summed E-state index contributed by atoms with van der Waals surface area (Å²) in [6.45, 7) is 7.13. The minimum atomic E-state index is -0.0206. The maximum absolute atomic E-state index is 4.16. The van der Waals surface area contributed by atoms with Crippen molar-refractivity contribution in [2.24, 2.45) is 0 Å². The normalized spacial score (nSPS) is 16.4. The standard InChI is InChI=1S/C39H35BN2P2/c1-39(2,3)28-22-36-38-37(23-28)42(30-13-9-6-10-14-30)35-18-16-27(24-43-4)21-33(35)40(38)32-20-26(19-31-25-44-31)15-17-34(32)41(36)29-11-7-5-8-12-29/h5-18,20-23,25,31H,4,19,24H2,1-3H3. The Kier molecular flexibility index (Phi) is 6.67. The van der Waals surface area contributed by atoms with Gasteiger partial charge in [-0.15, -0.1) is 8.20 Å². The molecule has 0 aromatic heterocycles. The average molecular weight is 604 g/mol. The first-order valence-electron chi connectivity index (χ1n) is 15.5. The fraction of sp³-hybridized carbons (Fsp3) is 0.179. The molecule has 0 aliphatic carbocycles. The first-order valence-corrected chi connectivity index (χ1v) is 17.8. The Labute approximate surface area is 265 Å². The van der Waals surface area contributed by atoms with E-state index in [0.29, 0.717) is 5.66 Å². The van der Waals surface area contributed by atoms with Crippen LogP contribution in [0.4, 0.5) is 34.1 Å². The molecule has 0 bridgehead atoms. The van der Waals surface area contributed by atoms with E-state index in [2.05, 4.69) is 152 Å². The number of fused-ring (bicyclic) bond motifs is 4. The van der Waals surface area contributed by atoms with Crippen molar-refractivity contribution in [1.82, 2.24) is 0 Å². The lowest BCUT2D eigenvalue weighted by Crippen LogP contribution is -2.61. The second kappa shape index (κ2) is 10.6. The van der Waals surface area contributed by atoms with Crippen LogP contribution in [-0.2, 0) is 18.0 Å². The summed E-state index contributed by atoms with van der Waals surface area (Å²) in [6.07, 6.45) is 6.23. The number of benzene rings is 5. The smallest absolute Gasteiger partial charge is 0.252 e. The maximum atomic E-state index is 4.16. The van der Waals surface area contributed by atoms with Crippen molar-refractivity contribution in [3.8, 4) is 0 Å². The van der Waals surface area contributed by atoms with Gasteiger partial charge in [-0.25, -0.2) is 0 Å². The lowest BCUT2D eigenvalue weighted by atomic mass is 9.33. The SMILES string of the molecule is C=PCc1ccc2c(c1)B1c3cc(CC4C=P4)ccc3N(c3ccccc3)c3cc(C(C)(C)C)cc(c31)N2c1ccccc1. The highest BCUT2D eigenvalue weighted by Crippen LogP contribution is 2.46. The molecule has 5 aromatic rings. The minimum absolute atomic E-state index is 0.0206. The van der Waals surface area contributed by atoms with Crippen molar-refractivity contribution in [3.63, 3.8) is 0 Å². The zero-order valence-electron chi connectivity index (χ0n) is 25.5. The van der Waals surface area contributed by atoms with Crippen LogP contribution in [0.3, 0.4) is 0 Å². The van der Waals surface area contributed by atoms with Crippen LogP contribution in [0.2, 0.25) is 0 Å². The van der Waals surface area contributed by atoms with Gasteiger partial charge in [0.25, 0.3) is 6.71 Å². The molecule has 2 nitrogen and oxygen atoms in total. The maximum Gasteiger partial charge on any atom is 0.252 e. The van der Waals surface area contributed by atoms with Gasteiger partial charge in [0.1, 0.15) is 0 Å². The van der Waals surface area contributed by atoms with Gasteiger partial charge in [-0.1, -0.05) is 95.9 Å². The van der Waals surface area contributed by atoms with E-state index >= 15 is 0 Å². The van der Waals surface area contributed by atoms with Gasteiger partial charge in [-0.05, 0) is 99.2 Å². The molecule has 214 valence electrons. The molecule has 0 amide bonds. The van der Waals surface area contributed by atoms with Gasteiger partial charge in [-0.3, -0.25) is 0 Å². The largest absolute Gasteiger partial charge is 0.311 e. The molecule has 1 atom stereocenters. The molecule has 0 spiro atoms. The van der Waals surface area contributed by atoms with E-state index in [1.807, 2.05) is 0 Å². The van der Waals surface area contributed by atoms with Crippen LogP contribution in [-0.4, -0.2) is 24.5 Å². The zero-order chi connectivity index (χ0) is 30.0. The number of para-hydroxylation sites is 2. The molecule has 8 rings (SSSR count). The number of hydrogen-bond acceptors (Lipinski definition) is 2. The van der Waals surface area contributed by atoms with Crippen molar-refractivity contribution in [2.45, 2.75) is 44.4 Å². The number of nitrogens with zero attached hydrogens (tertiary/aromatic N) is 2. The second-order valence-electron chi connectivity index (χ2n) is 13.2. The van der Waals surface area contributed by atoms with Gasteiger partial charge in [0.05, 0.1) is 0 Å². The first kappa shape index (κ1) is 27.6. The second-order valence-corrected chi connectivity index (χ2v) is 15.2. The average Bonchev–Trinajstić information content (AvgIpc) is 3.85. The van der Waals surface area contributed by atoms with E-state index in [0.717, 1.165) is 20.8 Å². The summed E-state index contributed by atoms with van der Waals surface area (Å²) in [5.41, 5.74) is 16.5. The highest BCUT2D eigenvalue weighted by molar-refractivity contribution is 7.51. The summed E-state index contributed by atoms with van der Waals surface area (Å²) >= 11 is 0. The lowest BCUT2D eigenvalue weighted by molar-refractivity contribution is 0.590. The van der Waals surface area contributed by atoms with Crippen LogP contribution in [0.25, 0.3) is 0 Å². The van der Waals surface area contributed by atoms with Crippen molar-refractivity contribution >= 4 is 85.7 Å². The minimum Gasteiger partial charge on any atom is -0.311 e. The first-order chi connectivity index (χ1) is 21.4. The third kappa shape index (κ3) is 4.66. The van der Waals surface area contributed by atoms with Crippen molar-refractivity contribution in [1.29, 1.82) is 0 Å².